The molecule has 23 heavy (non-hydrogen) atoms. The van der Waals surface area contributed by atoms with Crippen LogP contribution in [-0.2, 0) is 19.6 Å². The third kappa shape index (κ3) is 6.34. The van der Waals surface area contributed by atoms with Gasteiger partial charge in [-0.2, -0.15) is 0 Å². The lowest BCUT2D eigenvalue weighted by Crippen LogP contribution is -2.55. The monoisotopic (exact) mass is 349 g/mol. The molecule has 2 amide bonds. The maximum atomic E-state index is 12.3. The topological polar surface area (TPSA) is 96.0 Å². The average molecular weight is 349 g/mol. The molecular weight excluding hydrogens is 322 g/mol. The van der Waals surface area contributed by atoms with Crippen LogP contribution in [0.1, 0.15) is 33.6 Å². The fourth-order valence-corrected chi connectivity index (χ4v) is 3.74. The third-order valence-electron chi connectivity index (χ3n) is 3.61. The normalized spacial score (nSPS) is 17.0. The number of ether oxygens (including phenoxy) is 1. The molecule has 1 saturated heterocycles. The van der Waals surface area contributed by atoms with Crippen LogP contribution in [-0.4, -0.2) is 74.8 Å². The minimum Gasteiger partial charge on any atom is -0.450 e. The van der Waals surface area contributed by atoms with Gasteiger partial charge in [0.15, 0.2) is 0 Å². The zero-order valence-corrected chi connectivity index (χ0v) is 14.9. The second kappa shape index (κ2) is 9.07. The van der Waals surface area contributed by atoms with E-state index < -0.39 is 16.1 Å². The number of hydrogen-bond acceptors (Lipinski definition) is 5. The molecule has 0 spiro atoms. The highest BCUT2D eigenvalue weighted by atomic mass is 32.2. The minimum absolute atomic E-state index is 0.0256. The summed E-state index contributed by atoms with van der Waals surface area (Å²) in [5, 5.41) is 0. The lowest BCUT2D eigenvalue weighted by molar-refractivity contribution is -0.134. The molecule has 0 aromatic carbocycles. The van der Waals surface area contributed by atoms with Crippen LogP contribution in [0, 0.1) is 0 Å². The summed E-state index contributed by atoms with van der Waals surface area (Å²) in [6.45, 7) is 7.03. The summed E-state index contributed by atoms with van der Waals surface area (Å²) < 4.78 is 31.0. The molecule has 0 unspecified atom stereocenters. The van der Waals surface area contributed by atoms with Crippen molar-refractivity contribution in [2.75, 3.05) is 38.5 Å². The number of carbonyl (C=O) groups excluding carboxylic acids is 2. The Bertz CT molecular complexity index is 501. The van der Waals surface area contributed by atoms with Crippen LogP contribution in [0.15, 0.2) is 0 Å². The maximum absolute atomic E-state index is 12.3. The number of rotatable bonds is 7. The van der Waals surface area contributed by atoms with Gasteiger partial charge in [-0.3, -0.25) is 4.79 Å². The van der Waals surface area contributed by atoms with Gasteiger partial charge in [-0.05, 0) is 20.3 Å². The van der Waals surface area contributed by atoms with E-state index in [-0.39, 0.29) is 17.8 Å². The Kier molecular flexibility index (Phi) is 7.77. The van der Waals surface area contributed by atoms with Gasteiger partial charge in [0.25, 0.3) is 0 Å². The van der Waals surface area contributed by atoms with Crippen molar-refractivity contribution in [3.05, 3.63) is 0 Å². The summed E-state index contributed by atoms with van der Waals surface area (Å²) in [6.07, 6.45) is 0.959. The Balaban J connectivity index is 2.48. The minimum atomic E-state index is -3.44. The highest BCUT2D eigenvalue weighted by Gasteiger charge is 2.29. The fourth-order valence-electron chi connectivity index (χ4n) is 2.31. The summed E-state index contributed by atoms with van der Waals surface area (Å²) in [5.41, 5.74) is 0. The van der Waals surface area contributed by atoms with Crippen molar-refractivity contribution < 1.29 is 22.7 Å². The van der Waals surface area contributed by atoms with Crippen LogP contribution >= 0.6 is 0 Å². The van der Waals surface area contributed by atoms with Gasteiger partial charge in [-0.25, -0.2) is 17.9 Å². The van der Waals surface area contributed by atoms with E-state index in [1.807, 2.05) is 6.92 Å². The quantitative estimate of drug-likeness (QED) is 0.717. The molecule has 0 saturated carbocycles. The largest absolute Gasteiger partial charge is 0.450 e. The predicted molar refractivity (Wildman–Crippen MR) is 86.5 cm³/mol. The standard InChI is InChI=1S/C14H27N3O5S/c1-4-6-11-23(20,21)15-12(3)13(18)16-7-9-17(10-8-16)14(19)22-5-2/h12,15H,4-11H2,1-3H3/t12-/m0/s1. The summed E-state index contributed by atoms with van der Waals surface area (Å²) in [6, 6.07) is -0.800. The lowest BCUT2D eigenvalue weighted by Gasteiger charge is -2.35. The highest BCUT2D eigenvalue weighted by molar-refractivity contribution is 7.89. The van der Waals surface area contributed by atoms with Crippen LogP contribution in [0.3, 0.4) is 0 Å². The number of sulfonamides is 1. The molecule has 1 heterocycles. The summed E-state index contributed by atoms with van der Waals surface area (Å²) in [7, 11) is -3.44. The van der Waals surface area contributed by atoms with Crippen LogP contribution < -0.4 is 4.72 Å². The number of nitrogens with zero attached hydrogens (tertiary/aromatic N) is 2. The molecule has 1 atom stereocenters. The van der Waals surface area contributed by atoms with Crippen molar-refractivity contribution in [3.8, 4) is 0 Å². The molecule has 1 fully saturated rings. The van der Waals surface area contributed by atoms with Crippen LogP contribution in [0.25, 0.3) is 0 Å². The summed E-state index contributed by atoms with van der Waals surface area (Å²) in [4.78, 5) is 27.0. The van der Waals surface area contributed by atoms with E-state index in [2.05, 4.69) is 4.72 Å². The molecule has 0 aromatic rings. The van der Waals surface area contributed by atoms with Gasteiger partial charge in [0, 0.05) is 26.2 Å². The molecule has 1 rings (SSSR count). The number of carbonyl (C=O) groups is 2. The lowest BCUT2D eigenvalue weighted by atomic mass is 10.2. The Morgan fingerprint density at radius 2 is 1.70 bits per heavy atom. The van der Waals surface area contributed by atoms with Crippen molar-refractivity contribution >= 4 is 22.0 Å². The van der Waals surface area contributed by atoms with Gasteiger partial charge in [-0.15, -0.1) is 0 Å². The number of nitrogens with one attached hydrogen (secondary N) is 1. The molecule has 1 N–H and O–H groups in total. The smallest absolute Gasteiger partial charge is 0.409 e. The van der Waals surface area contributed by atoms with E-state index in [1.54, 1.807) is 23.6 Å². The zero-order chi connectivity index (χ0) is 17.5. The first-order valence-corrected chi connectivity index (χ1v) is 9.66. The summed E-state index contributed by atoms with van der Waals surface area (Å²) in [5.74, 6) is -0.244. The maximum Gasteiger partial charge on any atom is 0.409 e. The molecule has 1 aliphatic heterocycles. The van der Waals surface area contributed by atoms with Gasteiger partial charge in [0.2, 0.25) is 15.9 Å². The van der Waals surface area contributed by atoms with Gasteiger partial charge in [0.05, 0.1) is 18.4 Å². The van der Waals surface area contributed by atoms with Gasteiger partial charge < -0.3 is 14.5 Å². The second-order valence-corrected chi connectivity index (χ2v) is 7.40. The first-order valence-electron chi connectivity index (χ1n) is 8.01. The Labute approximate surface area is 138 Å². The van der Waals surface area contributed by atoms with E-state index in [9.17, 15) is 18.0 Å². The van der Waals surface area contributed by atoms with Crippen molar-refractivity contribution in [2.45, 2.75) is 39.7 Å². The number of amides is 2. The number of piperazine rings is 1. The fraction of sp³-hybridized carbons (Fsp3) is 0.857. The SMILES string of the molecule is CCCCS(=O)(=O)N[C@@H](C)C(=O)N1CCN(C(=O)OCC)CC1. The first kappa shape index (κ1) is 19.7. The Hall–Kier alpha value is -1.35. The molecule has 0 aromatic heterocycles. The number of hydrogen-bond donors (Lipinski definition) is 1. The molecular formula is C14H27N3O5S. The van der Waals surface area contributed by atoms with Crippen molar-refractivity contribution in [1.82, 2.24) is 14.5 Å². The van der Waals surface area contributed by atoms with E-state index in [1.165, 1.54) is 0 Å². The van der Waals surface area contributed by atoms with E-state index in [0.717, 1.165) is 6.42 Å². The Morgan fingerprint density at radius 3 is 2.22 bits per heavy atom. The van der Waals surface area contributed by atoms with E-state index >= 15 is 0 Å². The third-order valence-corrected chi connectivity index (χ3v) is 5.15. The first-order chi connectivity index (χ1) is 10.8. The van der Waals surface area contributed by atoms with Crippen molar-refractivity contribution in [2.24, 2.45) is 0 Å². The van der Waals surface area contributed by atoms with Crippen molar-refractivity contribution in [3.63, 3.8) is 0 Å². The van der Waals surface area contributed by atoms with E-state index in [4.69, 9.17) is 4.74 Å². The number of unbranched alkanes of at least 4 members (excludes halogenated alkanes) is 1. The van der Waals surface area contributed by atoms with Crippen LogP contribution in [0.5, 0.6) is 0 Å². The molecule has 8 nitrogen and oxygen atoms in total. The Morgan fingerprint density at radius 1 is 1.13 bits per heavy atom. The molecule has 0 aliphatic carbocycles. The van der Waals surface area contributed by atoms with Crippen molar-refractivity contribution in [1.29, 1.82) is 0 Å². The second-order valence-electron chi connectivity index (χ2n) is 5.52. The molecule has 134 valence electrons. The van der Waals surface area contributed by atoms with Gasteiger partial charge in [0.1, 0.15) is 0 Å². The molecule has 9 heteroatoms. The zero-order valence-electron chi connectivity index (χ0n) is 14.1. The predicted octanol–water partition coefficient (Wildman–Crippen LogP) is 0.395. The van der Waals surface area contributed by atoms with Gasteiger partial charge >= 0.3 is 6.09 Å². The van der Waals surface area contributed by atoms with E-state index in [0.29, 0.717) is 39.2 Å². The van der Waals surface area contributed by atoms with Gasteiger partial charge in [-0.1, -0.05) is 13.3 Å². The molecule has 1 aliphatic rings. The molecule has 0 bridgehead atoms. The highest BCUT2D eigenvalue weighted by Crippen LogP contribution is 2.07. The average Bonchev–Trinajstić information content (AvgIpc) is 2.52. The van der Waals surface area contributed by atoms with Crippen LogP contribution in [0.4, 0.5) is 4.79 Å². The molecule has 0 radical (unpaired) electrons. The van der Waals surface area contributed by atoms with Crippen LogP contribution in [0.2, 0.25) is 0 Å². The summed E-state index contributed by atoms with van der Waals surface area (Å²) >= 11 is 0.